The zero-order valence-electron chi connectivity index (χ0n) is 70.4. The molecular weight excluding hydrogens is 1610 g/mol. The Morgan fingerprint density at radius 1 is 0.205 bits per heavy atom. The van der Waals surface area contributed by atoms with Crippen molar-refractivity contribution in [1.29, 1.82) is 0 Å². The van der Waals surface area contributed by atoms with E-state index in [0.29, 0.717) is 0 Å². The van der Waals surface area contributed by atoms with Gasteiger partial charge in [0, 0.05) is 115 Å². The van der Waals surface area contributed by atoms with E-state index in [2.05, 4.69) is 393 Å². The van der Waals surface area contributed by atoms with Gasteiger partial charge in [0.1, 0.15) is 32.3 Å². The summed E-state index contributed by atoms with van der Waals surface area (Å²) in [6.07, 6.45) is 0. The predicted octanol–water partition coefficient (Wildman–Crippen LogP) is 28.8. The monoisotopic (exact) mass is 1700 g/mol. The minimum atomic E-state index is -2.11. The highest BCUT2D eigenvalue weighted by atomic mass is 32.1. The van der Waals surface area contributed by atoms with Crippen molar-refractivity contribution in [2.24, 2.45) is 0 Å². The van der Waals surface area contributed by atoms with Crippen LogP contribution in [0.3, 0.4) is 0 Å². The van der Waals surface area contributed by atoms with Crippen LogP contribution in [0, 0.1) is 27.7 Å². The molecule has 4 aliphatic rings. The first-order valence-electron chi connectivity index (χ1n) is 43.0. The molecule has 0 bridgehead atoms. The second-order valence-corrected chi connectivity index (χ2v) is 58.9. The fraction of sp³-hybridized carbons (Fsp3) is 0.107. The maximum Gasteiger partial charge on any atom is 0.113 e. The highest BCUT2D eigenvalue weighted by molar-refractivity contribution is 7.28. The molecular formula is C112H86N2S4Si4. The van der Waals surface area contributed by atoms with Crippen LogP contribution < -0.4 is 51.3 Å². The summed E-state index contributed by atoms with van der Waals surface area (Å²) < 4.78 is 10.7. The van der Waals surface area contributed by atoms with Crippen molar-refractivity contribution in [3.8, 4) is 44.5 Å². The van der Waals surface area contributed by atoms with Crippen LogP contribution in [0.15, 0.2) is 303 Å². The topological polar surface area (TPSA) is 6.48 Å². The zero-order chi connectivity index (χ0) is 82.2. The van der Waals surface area contributed by atoms with Crippen LogP contribution in [0.1, 0.15) is 22.3 Å². The molecule has 10 heteroatoms. The summed E-state index contributed by atoms with van der Waals surface area (Å²) in [5.74, 6) is 0. The molecule has 0 unspecified atom stereocenters. The number of anilines is 6. The normalized spacial score (nSPS) is 14.7. The number of aryl methyl sites for hydroxylation is 4. The zero-order valence-corrected chi connectivity index (χ0v) is 77.7. The van der Waals surface area contributed by atoms with Gasteiger partial charge in [-0.2, -0.15) is 0 Å². The molecule has 2 nitrogen and oxygen atoms in total. The minimum Gasteiger partial charge on any atom is -0.310 e. The number of hydrogen-bond acceptors (Lipinski definition) is 6. The number of nitrogens with zero attached hydrogens (tertiary/aromatic N) is 2. The van der Waals surface area contributed by atoms with E-state index in [1.54, 1.807) is 41.5 Å². The fourth-order valence-electron chi connectivity index (χ4n) is 22.6. The van der Waals surface area contributed by atoms with Crippen LogP contribution in [-0.2, 0) is 0 Å². The lowest BCUT2D eigenvalue weighted by Gasteiger charge is -2.30. The first-order chi connectivity index (χ1) is 59.1. The summed E-state index contributed by atoms with van der Waals surface area (Å²) in [6, 6.07) is 118. The van der Waals surface area contributed by atoms with E-state index in [1.165, 1.54) is 225 Å². The van der Waals surface area contributed by atoms with Crippen molar-refractivity contribution >= 4 is 277 Å². The highest BCUT2D eigenvalue weighted by Gasteiger charge is 2.47. The van der Waals surface area contributed by atoms with Crippen LogP contribution in [0.4, 0.5) is 34.1 Å². The second kappa shape index (κ2) is 26.0. The molecule has 122 heavy (non-hydrogen) atoms. The van der Waals surface area contributed by atoms with Gasteiger partial charge < -0.3 is 9.80 Å². The Bertz CT molecular complexity index is 8050. The van der Waals surface area contributed by atoms with Gasteiger partial charge in [-0.3, -0.25) is 0 Å². The number of benzene rings is 18. The Hall–Kier alpha value is -11.7. The van der Waals surface area contributed by atoms with Gasteiger partial charge >= 0.3 is 0 Å². The summed E-state index contributed by atoms with van der Waals surface area (Å²) in [4.78, 5) is 5.06. The number of hydrogen-bond donors (Lipinski definition) is 0. The van der Waals surface area contributed by atoms with Gasteiger partial charge in [0.2, 0.25) is 0 Å². The molecule has 0 N–H and O–H groups in total. The molecule has 4 aromatic heterocycles. The van der Waals surface area contributed by atoms with E-state index in [-0.39, 0.29) is 0 Å². The van der Waals surface area contributed by atoms with E-state index >= 15 is 0 Å². The molecule has 26 rings (SSSR count). The predicted molar refractivity (Wildman–Crippen MR) is 552 cm³/mol. The van der Waals surface area contributed by atoms with Crippen molar-refractivity contribution < 1.29 is 0 Å². The average molecular weight is 1700 g/mol. The van der Waals surface area contributed by atoms with Crippen molar-refractivity contribution in [1.82, 2.24) is 0 Å². The van der Waals surface area contributed by atoms with Gasteiger partial charge in [-0.05, 0) is 265 Å². The highest BCUT2D eigenvalue weighted by Crippen LogP contribution is 2.52. The maximum atomic E-state index is 2.66. The van der Waals surface area contributed by atoms with E-state index in [0.717, 1.165) is 0 Å². The lowest BCUT2D eigenvalue weighted by molar-refractivity contribution is 1.24. The molecule has 584 valence electrons. The molecule has 0 fully saturated rings. The van der Waals surface area contributed by atoms with E-state index < -0.39 is 32.3 Å². The number of rotatable bonds is 6. The van der Waals surface area contributed by atoms with Crippen molar-refractivity contribution in [2.45, 2.75) is 80.1 Å². The molecule has 0 saturated carbocycles. The average Bonchev–Trinajstić information content (AvgIpc) is 1.53. The second-order valence-electron chi connectivity index (χ2n) is 37.3. The van der Waals surface area contributed by atoms with Crippen LogP contribution in [0.25, 0.3) is 168 Å². The minimum absolute atomic E-state index is 1.18. The van der Waals surface area contributed by atoms with E-state index in [4.69, 9.17) is 0 Å². The first kappa shape index (κ1) is 73.1. The molecule has 18 aromatic carbocycles. The molecule has 0 saturated heterocycles. The van der Waals surface area contributed by atoms with Gasteiger partial charge in [0.15, 0.2) is 0 Å². The summed E-state index contributed by atoms with van der Waals surface area (Å²) in [7, 11) is -8.03. The van der Waals surface area contributed by atoms with E-state index in [1.807, 2.05) is 45.3 Å². The van der Waals surface area contributed by atoms with Crippen LogP contribution in [0.5, 0.6) is 0 Å². The molecule has 0 amide bonds. The van der Waals surface area contributed by atoms with Crippen molar-refractivity contribution in [3.05, 3.63) is 326 Å². The lowest BCUT2D eigenvalue weighted by atomic mass is 9.96. The SMILES string of the molecule is Cc1ccc(N(c2ccc3c(c2)[Si](C)(C)c2cc4c(cc2-3)[Si](C)(C)c2ccc3ccccc3c2-4)c2ccc3c(c2)[Si](C)(C)c2cc4c(cc2-3)[Si](C)(C)c2ccc3ccccc3c2-4)c(C)c1.Cc1ccc(N(c2ccc3c(c2)sc2cc4c(cc23)sc2ccc3ccccc3c24)c2ccc3c(c2)sc2cc4c(cc23)sc2ccc3ccccc3c24)c(C)c1. The van der Waals surface area contributed by atoms with Crippen LogP contribution >= 0.6 is 45.3 Å². The number of fused-ring (bicyclic) bond motifs is 32. The van der Waals surface area contributed by atoms with Gasteiger partial charge in [0.25, 0.3) is 0 Å². The first-order valence-corrected chi connectivity index (χ1v) is 58.2. The Morgan fingerprint density at radius 3 is 0.934 bits per heavy atom. The van der Waals surface area contributed by atoms with Crippen LogP contribution in [0.2, 0.25) is 52.4 Å². The molecule has 0 radical (unpaired) electrons. The standard InChI is InChI=1S/C60H55NSi4.C52H31NS4/c1-36-19-26-50(37(2)29-36)61(40-22-24-44-46-32-57-48(34-55(46)64(7,8)53(44)30-40)59-42-17-13-11-15-38(42)20-27-51(59)62(57,3)4)41-23-25-45-47-33-58-49(35-56(47)65(9,10)54(45)31-41)60-43-18-14-12-16-39(43)21-28-52(60)63(58,5)6;1-28-11-18-42(29(2)21-28)53(32-14-16-36-38-24-49-40(26-47(38)56-45(36)22-32)51-34-9-5-3-7-30(34)12-19-43(51)54-49)33-15-17-37-39-25-50-41(27-48(39)57-46(37)23-33)52-35-10-6-4-8-31(35)13-20-44(52)55-50/h11-35H,1-10H3;3-27H,1-2H3. The lowest BCUT2D eigenvalue weighted by Crippen LogP contribution is -2.51. The van der Waals surface area contributed by atoms with Gasteiger partial charge in [-0.25, -0.2) is 0 Å². The largest absolute Gasteiger partial charge is 0.310 e. The molecule has 22 aromatic rings. The maximum absolute atomic E-state index is 2.66. The smallest absolute Gasteiger partial charge is 0.113 e. The van der Waals surface area contributed by atoms with Gasteiger partial charge in [-0.15, -0.1) is 45.3 Å². The number of thiophene rings is 4. The van der Waals surface area contributed by atoms with Gasteiger partial charge in [0.05, 0.1) is 0 Å². The molecule has 0 spiro atoms. The third-order valence-electron chi connectivity index (χ3n) is 28.8. The molecule has 8 heterocycles. The summed E-state index contributed by atoms with van der Waals surface area (Å²) in [5, 5.41) is 34.2. The third-order valence-corrected chi connectivity index (χ3v) is 47.3. The van der Waals surface area contributed by atoms with E-state index in [9.17, 15) is 0 Å². The summed E-state index contributed by atoms with van der Waals surface area (Å²) >= 11 is 7.64. The molecule has 0 atom stereocenters. The Morgan fingerprint density at radius 2 is 0.516 bits per heavy atom. The summed E-state index contributed by atoms with van der Waals surface area (Å²) in [6.45, 7) is 29.6. The Balaban J connectivity index is 0.000000135. The molecule has 0 aliphatic carbocycles. The Kier molecular flexibility index (Phi) is 15.6. The Labute approximate surface area is 730 Å². The van der Waals surface area contributed by atoms with Crippen LogP contribution in [-0.4, -0.2) is 32.3 Å². The van der Waals surface area contributed by atoms with Crippen molar-refractivity contribution in [3.63, 3.8) is 0 Å². The molecule has 4 aliphatic heterocycles. The van der Waals surface area contributed by atoms with Gasteiger partial charge in [-0.1, -0.05) is 270 Å². The quantitative estimate of drug-likeness (QED) is 0.153. The van der Waals surface area contributed by atoms with Crippen molar-refractivity contribution in [2.75, 3.05) is 9.80 Å². The summed E-state index contributed by atoms with van der Waals surface area (Å²) in [5.41, 5.74) is 24.3. The fourth-order valence-corrected chi connectivity index (χ4v) is 39.4. The third kappa shape index (κ3) is 10.4.